The molecule has 162 valence electrons. The Balaban J connectivity index is 1.97. The molecule has 3 aromatic carbocycles. The van der Waals surface area contributed by atoms with E-state index in [4.69, 9.17) is 28.4 Å². The zero-order chi connectivity index (χ0) is 22.6. The SMILES string of the molecule is Cc1ccc(CN(Cc2ccc(C(=O)NO)cc2)S(=O)(=O)c2cc(Cl)cc(Cl)c2)cc1. The van der Waals surface area contributed by atoms with Crippen LogP contribution in [0.15, 0.2) is 71.6 Å². The maximum Gasteiger partial charge on any atom is 0.274 e. The lowest BCUT2D eigenvalue weighted by Gasteiger charge is -2.23. The molecular weight excluding hydrogens is 459 g/mol. The van der Waals surface area contributed by atoms with Crippen LogP contribution in [0.5, 0.6) is 0 Å². The number of carbonyl (C=O) groups is 1. The van der Waals surface area contributed by atoms with E-state index in [0.29, 0.717) is 5.56 Å². The molecule has 3 rings (SSSR count). The van der Waals surface area contributed by atoms with Crippen molar-refractivity contribution >= 4 is 39.1 Å². The number of nitrogens with zero attached hydrogens (tertiary/aromatic N) is 1. The van der Waals surface area contributed by atoms with Crippen LogP contribution in [0.2, 0.25) is 10.0 Å². The van der Waals surface area contributed by atoms with Gasteiger partial charge in [-0.05, 0) is 48.4 Å². The Hall–Kier alpha value is -2.42. The highest BCUT2D eigenvalue weighted by atomic mass is 35.5. The second-order valence-corrected chi connectivity index (χ2v) is 9.81. The third-order valence-corrected chi connectivity index (χ3v) is 6.84. The summed E-state index contributed by atoms with van der Waals surface area (Å²) in [5.74, 6) is -0.649. The third-order valence-electron chi connectivity index (χ3n) is 4.63. The summed E-state index contributed by atoms with van der Waals surface area (Å²) < 4.78 is 28.2. The number of nitrogens with one attached hydrogen (secondary N) is 1. The molecule has 0 bridgehead atoms. The van der Waals surface area contributed by atoms with E-state index in [1.165, 1.54) is 34.6 Å². The molecule has 6 nitrogen and oxygen atoms in total. The Bertz CT molecular complexity index is 1160. The van der Waals surface area contributed by atoms with Crippen LogP contribution in [0.1, 0.15) is 27.0 Å². The van der Waals surface area contributed by atoms with Gasteiger partial charge in [-0.2, -0.15) is 4.31 Å². The number of hydrogen-bond donors (Lipinski definition) is 2. The van der Waals surface area contributed by atoms with Crippen LogP contribution >= 0.6 is 23.2 Å². The van der Waals surface area contributed by atoms with Crippen LogP contribution in [0, 0.1) is 6.92 Å². The maximum atomic E-state index is 13.4. The summed E-state index contributed by atoms with van der Waals surface area (Å²) in [6.45, 7) is 2.14. The maximum absolute atomic E-state index is 13.4. The summed E-state index contributed by atoms with van der Waals surface area (Å²) in [4.78, 5) is 11.5. The first-order chi connectivity index (χ1) is 14.7. The van der Waals surface area contributed by atoms with E-state index in [-0.39, 0.29) is 33.6 Å². The van der Waals surface area contributed by atoms with Gasteiger partial charge in [-0.15, -0.1) is 0 Å². The molecule has 0 unspecified atom stereocenters. The van der Waals surface area contributed by atoms with Gasteiger partial charge < -0.3 is 0 Å². The average Bonchev–Trinajstić information content (AvgIpc) is 2.74. The lowest BCUT2D eigenvalue weighted by Crippen LogP contribution is -2.30. The molecule has 0 aromatic heterocycles. The van der Waals surface area contributed by atoms with E-state index in [1.54, 1.807) is 17.6 Å². The first-order valence-electron chi connectivity index (χ1n) is 9.24. The summed E-state index contributed by atoms with van der Waals surface area (Å²) >= 11 is 12.1. The van der Waals surface area contributed by atoms with Gasteiger partial charge in [-0.1, -0.05) is 65.2 Å². The highest BCUT2D eigenvalue weighted by molar-refractivity contribution is 7.89. The van der Waals surface area contributed by atoms with Crippen LogP contribution in [0.4, 0.5) is 0 Å². The van der Waals surface area contributed by atoms with E-state index >= 15 is 0 Å². The molecule has 9 heteroatoms. The van der Waals surface area contributed by atoms with E-state index in [2.05, 4.69) is 0 Å². The molecule has 31 heavy (non-hydrogen) atoms. The molecule has 0 heterocycles. The van der Waals surface area contributed by atoms with Gasteiger partial charge in [0.25, 0.3) is 5.91 Å². The standard InChI is InChI=1S/C22H20Cl2N2O4S/c1-15-2-4-16(5-3-15)13-26(14-17-6-8-18(9-7-17)22(27)25-28)31(29,30)21-11-19(23)10-20(24)12-21/h2-12,28H,13-14H2,1H3,(H,25,27). The molecule has 0 aliphatic rings. The van der Waals surface area contributed by atoms with E-state index < -0.39 is 15.9 Å². The average molecular weight is 479 g/mol. The van der Waals surface area contributed by atoms with Crippen LogP contribution in [-0.4, -0.2) is 23.8 Å². The largest absolute Gasteiger partial charge is 0.288 e. The Kier molecular flexibility index (Phi) is 7.35. The topological polar surface area (TPSA) is 86.7 Å². The predicted molar refractivity (Wildman–Crippen MR) is 120 cm³/mol. The van der Waals surface area contributed by atoms with Gasteiger partial charge in [0.15, 0.2) is 0 Å². The molecule has 0 aliphatic heterocycles. The molecule has 0 aliphatic carbocycles. The predicted octanol–water partition coefficient (Wildman–Crippen LogP) is 4.81. The smallest absolute Gasteiger partial charge is 0.274 e. The summed E-state index contributed by atoms with van der Waals surface area (Å²) in [7, 11) is -3.94. The van der Waals surface area contributed by atoms with Gasteiger partial charge in [0.1, 0.15) is 0 Å². The van der Waals surface area contributed by atoms with Gasteiger partial charge in [-0.25, -0.2) is 13.9 Å². The van der Waals surface area contributed by atoms with Gasteiger partial charge >= 0.3 is 0 Å². The van der Waals surface area contributed by atoms with Crippen molar-refractivity contribution < 1.29 is 18.4 Å². The number of sulfonamides is 1. The number of aryl methyl sites for hydroxylation is 1. The van der Waals surface area contributed by atoms with Gasteiger partial charge in [0.05, 0.1) is 4.90 Å². The zero-order valence-corrected chi connectivity index (χ0v) is 18.9. The van der Waals surface area contributed by atoms with Crippen LogP contribution in [-0.2, 0) is 23.1 Å². The van der Waals surface area contributed by atoms with Gasteiger partial charge in [-0.3, -0.25) is 10.0 Å². The highest BCUT2D eigenvalue weighted by Gasteiger charge is 2.26. The van der Waals surface area contributed by atoms with Crippen molar-refractivity contribution in [1.82, 2.24) is 9.79 Å². The Morgan fingerprint density at radius 1 is 0.903 bits per heavy atom. The molecule has 0 saturated heterocycles. The lowest BCUT2D eigenvalue weighted by molar-refractivity contribution is 0.0706. The van der Waals surface area contributed by atoms with Crippen LogP contribution in [0.3, 0.4) is 0 Å². The Morgan fingerprint density at radius 2 is 1.39 bits per heavy atom. The molecule has 0 spiro atoms. The number of amides is 1. The molecule has 0 atom stereocenters. The fourth-order valence-corrected chi connectivity index (χ4v) is 5.12. The monoisotopic (exact) mass is 478 g/mol. The summed E-state index contributed by atoms with van der Waals surface area (Å²) in [6, 6.07) is 18.0. The van der Waals surface area contributed by atoms with Gasteiger partial charge in [0, 0.05) is 28.7 Å². The van der Waals surface area contributed by atoms with Crippen LogP contribution in [0.25, 0.3) is 0 Å². The Labute approximate surface area is 191 Å². The van der Waals surface area contributed by atoms with Crippen molar-refractivity contribution in [3.05, 3.63) is 99.0 Å². The molecular formula is C22H20Cl2N2O4S. The fraction of sp³-hybridized carbons (Fsp3) is 0.136. The summed E-state index contributed by atoms with van der Waals surface area (Å²) in [6.07, 6.45) is 0. The van der Waals surface area contributed by atoms with Crippen molar-refractivity contribution in [2.75, 3.05) is 0 Å². The quantitative estimate of drug-likeness (QED) is 0.376. The van der Waals surface area contributed by atoms with Crippen molar-refractivity contribution in [2.24, 2.45) is 0 Å². The van der Waals surface area contributed by atoms with Crippen molar-refractivity contribution in [3.8, 4) is 0 Å². The molecule has 2 N–H and O–H groups in total. The number of halogens is 2. The number of benzene rings is 3. The Morgan fingerprint density at radius 3 is 1.87 bits per heavy atom. The lowest BCUT2D eigenvalue weighted by atomic mass is 10.1. The van der Waals surface area contributed by atoms with Crippen molar-refractivity contribution in [2.45, 2.75) is 24.9 Å². The summed E-state index contributed by atoms with van der Waals surface area (Å²) in [5.41, 5.74) is 4.37. The minimum atomic E-state index is -3.94. The molecule has 0 radical (unpaired) electrons. The van der Waals surface area contributed by atoms with Crippen LogP contribution < -0.4 is 5.48 Å². The first kappa shape index (κ1) is 23.2. The molecule has 0 saturated carbocycles. The van der Waals surface area contributed by atoms with E-state index in [0.717, 1.165) is 11.1 Å². The second-order valence-electron chi connectivity index (χ2n) is 7.00. The van der Waals surface area contributed by atoms with Crippen molar-refractivity contribution in [3.63, 3.8) is 0 Å². The van der Waals surface area contributed by atoms with Crippen molar-refractivity contribution in [1.29, 1.82) is 0 Å². The molecule has 3 aromatic rings. The number of rotatable bonds is 7. The van der Waals surface area contributed by atoms with Gasteiger partial charge in [0.2, 0.25) is 10.0 Å². The normalized spacial score (nSPS) is 11.5. The molecule has 0 fully saturated rings. The third kappa shape index (κ3) is 5.84. The number of hydrogen-bond acceptors (Lipinski definition) is 4. The minimum absolute atomic E-state index is 0.00612. The fourth-order valence-electron chi connectivity index (χ4n) is 2.98. The number of carbonyl (C=O) groups excluding carboxylic acids is 1. The van der Waals surface area contributed by atoms with E-state index in [9.17, 15) is 13.2 Å². The van der Waals surface area contributed by atoms with E-state index in [1.807, 2.05) is 31.2 Å². The zero-order valence-electron chi connectivity index (χ0n) is 16.5. The minimum Gasteiger partial charge on any atom is -0.288 e. The second kappa shape index (κ2) is 9.80. The summed E-state index contributed by atoms with van der Waals surface area (Å²) in [5, 5.41) is 9.20. The highest BCUT2D eigenvalue weighted by Crippen LogP contribution is 2.27. The molecule has 1 amide bonds. The first-order valence-corrected chi connectivity index (χ1v) is 11.4. The number of hydroxylamine groups is 1.